The van der Waals surface area contributed by atoms with E-state index in [9.17, 15) is 0 Å². The lowest BCUT2D eigenvalue weighted by molar-refractivity contribution is 0.461. The zero-order valence-electron chi connectivity index (χ0n) is 9.93. The number of likely N-dealkylation sites (N-methyl/N-ethyl adjacent to an activating group) is 1. The van der Waals surface area contributed by atoms with Crippen LogP contribution in [0.1, 0.15) is 5.56 Å². The number of aromatic nitrogens is 2. The number of hydrogen-bond donors (Lipinski definition) is 0. The molecule has 0 N–H and O–H groups in total. The summed E-state index contributed by atoms with van der Waals surface area (Å²) in [6.45, 7) is 1.05. The van der Waals surface area contributed by atoms with E-state index in [2.05, 4.69) is 34.0 Å². The van der Waals surface area contributed by atoms with Gasteiger partial charge in [0.05, 0.1) is 0 Å². The molecule has 0 unspecified atom stereocenters. The maximum absolute atomic E-state index is 5.79. The summed E-state index contributed by atoms with van der Waals surface area (Å²) in [6, 6.07) is 7.66. The number of fused-ring (bicyclic) bond motifs is 1. The first-order valence-electron chi connectivity index (χ1n) is 5.72. The molecule has 0 aliphatic carbocycles. The fraction of sp³-hybridized carbons (Fsp3) is 0.231. The van der Waals surface area contributed by atoms with E-state index in [1.54, 1.807) is 6.07 Å². The molecule has 1 aliphatic rings. The van der Waals surface area contributed by atoms with Gasteiger partial charge in [-0.3, -0.25) is 0 Å². The van der Waals surface area contributed by atoms with Crippen LogP contribution in [0.3, 0.4) is 0 Å². The highest BCUT2D eigenvalue weighted by Crippen LogP contribution is 2.31. The van der Waals surface area contributed by atoms with E-state index in [4.69, 9.17) is 16.3 Å². The average Bonchev–Trinajstić information content (AvgIpc) is 2.71. The predicted molar refractivity (Wildman–Crippen MR) is 70.5 cm³/mol. The van der Waals surface area contributed by atoms with Gasteiger partial charge in [0.15, 0.2) is 0 Å². The maximum Gasteiger partial charge on any atom is 0.223 e. The van der Waals surface area contributed by atoms with Gasteiger partial charge in [-0.15, -0.1) is 0 Å². The van der Waals surface area contributed by atoms with E-state index >= 15 is 0 Å². The van der Waals surface area contributed by atoms with Crippen LogP contribution in [0.15, 0.2) is 30.6 Å². The first-order chi connectivity index (χ1) is 8.72. The van der Waals surface area contributed by atoms with Crippen molar-refractivity contribution < 1.29 is 4.74 Å². The third-order valence-electron chi connectivity index (χ3n) is 3.01. The van der Waals surface area contributed by atoms with Gasteiger partial charge in [-0.05, 0) is 30.2 Å². The second-order valence-corrected chi connectivity index (χ2v) is 4.63. The molecule has 0 saturated carbocycles. The van der Waals surface area contributed by atoms with Gasteiger partial charge >= 0.3 is 0 Å². The number of halogens is 1. The highest BCUT2D eigenvalue weighted by molar-refractivity contribution is 6.29. The van der Waals surface area contributed by atoms with Crippen molar-refractivity contribution in [3.63, 3.8) is 0 Å². The maximum atomic E-state index is 5.79. The molecule has 1 aliphatic heterocycles. The van der Waals surface area contributed by atoms with Crippen LogP contribution in [-0.4, -0.2) is 23.6 Å². The zero-order valence-corrected chi connectivity index (χ0v) is 10.7. The smallest absolute Gasteiger partial charge is 0.223 e. The Morgan fingerprint density at radius 2 is 2.17 bits per heavy atom. The van der Waals surface area contributed by atoms with Crippen LogP contribution in [0.2, 0.25) is 5.15 Å². The molecule has 2 heterocycles. The molecule has 2 aromatic rings. The molecule has 3 rings (SSSR count). The van der Waals surface area contributed by atoms with Crippen LogP contribution in [0.25, 0.3) is 0 Å². The van der Waals surface area contributed by atoms with Gasteiger partial charge in [-0.1, -0.05) is 11.6 Å². The third-order valence-corrected chi connectivity index (χ3v) is 3.22. The van der Waals surface area contributed by atoms with Gasteiger partial charge in [0, 0.05) is 25.3 Å². The first-order valence-corrected chi connectivity index (χ1v) is 6.09. The molecule has 0 saturated heterocycles. The van der Waals surface area contributed by atoms with Gasteiger partial charge in [0.2, 0.25) is 5.88 Å². The van der Waals surface area contributed by atoms with Crippen LogP contribution in [0, 0.1) is 0 Å². The molecule has 5 heteroatoms. The van der Waals surface area contributed by atoms with Crippen molar-refractivity contribution in [2.45, 2.75) is 6.42 Å². The van der Waals surface area contributed by atoms with Crippen molar-refractivity contribution in [3.05, 3.63) is 41.3 Å². The topological polar surface area (TPSA) is 38.2 Å². The van der Waals surface area contributed by atoms with Crippen molar-refractivity contribution in [3.8, 4) is 11.6 Å². The monoisotopic (exact) mass is 261 g/mol. The van der Waals surface area contributed by atoms with Gasteiger partial charge in [0.25, 0.3) is 0 Å². The number of hydrogen-bond acceptors (Lipinski definition) is 4. The number of ether oxygens (including phenoxy) is 1. The molecular weight excluding hydrogens is 250 g/mol. The Labute approximate surface area is 110 Å². The molecule has 1 aromatic heterocycles. The van der Waals surface area contributed by atoms with Gasteiger partial charge in [0.1, 0.15) is 17.2 Å². The van der Waals surface area contributed by atoms with Crippen LogP contribution >= 0.6 is 11.6 Å². The fourth-order valence-corrected chi connectivity index (χ4v) is 2.24. The molecule has 0 bridgehead atoms. The van der Waals surface area contributed by atoms with Gasteiger partial charge in [-0.25, -0.2) is 9.97 Å². The Kier molecular flexibility index (Phi) is 2.80. The van der Waals surface area contributed by atoms with E-state index < -0.39 is 0 Å². The average molecular weight is 262 g/mol. The summed E-state index contributed by atoms with van der Waals surface area (Å²) in [7, 11) is 2.09. The quantitative estimate of drug-likeness (QED) is 0.779. The summed E-state index contributed by atoms with van der Waals surface area (Å²) >= 11 is 5.79. The standard InChI is InChI=1S/C13H12ClN3O/c1-17-5-4-9-6-10(2-3-11(9)17)18-13-7-12(14)15-8-16-13/h2-3,6-8H,4-5H2,1H3. The van der Waals surface area contributed by atoms with Crippen LogP contribution in [0.5, 0.6) is 11.6 Å². The Bertz CT molecular complexity index is 588. The lowest BCUT2D eigenvalue weighted by Crippen LogP contribution is -2.12. The second-order valence-electron chi connectivity index (χ2n) is 4.24. The molecule has 92 valence electrons. The minimum atomic E-state index is 0.376. The predicted octanol–water partition coefficient (Wildman–Crippen LogP) is 2.91. The van der Waals surface area contributed by atoms with Crippen molar-refractivity contribution in [2.24, 2.45) is 0 Å². The Hall–Kier alpha value is -1.81. The van der Waals surface area contributed by atoms with Crippen molar-refractivity contribution >= 4 is 17.3 Å². The number of nitrogens with zero attached hydrogens (tertiary/aromatic N) is 3. The molecule has 1 aromatic carbocycles. The van der Waals surface area contributed by atoms with E-state index in [0.717, 1.165) is 18.7 Å². The minimum absolute atomic E-state index is 0.376. The van der Waals surface area contributed by atoms with E-state index in [1.165, 1.54) is 17.6 Å². The molecule has 4 nitrogen and oxygen atoms in total. The van der Waals surface area contributed by atoms with Crippen LogP contribution in [-0.2, 0) is 6.42 Å². The number of rotatable bonds is 2. The summed E-state index contributed by atoms with van der Waals surface area (Å²) in [5.74, 6) is 1.24. The molecule has 0 radical (unpaired) electrons. The van der Waals surface area contributed by atoms with E-state index in [0.29, 0.717) is 11.0 Å². The summed E-state index contributed by atoms with van der Waals surface area (Å²) < 4.78 is 5.67. The third kappa shape index (κ3) is 2.11. The summed E-state index contributed by atoms with van der Waals surface area (Å²) in [5, 5.41) is 0.376. The summed E-state index contributed by atoms with van der Waals surface area (Å²) in [4.78, 5) is 10.1. The van der Waals surface area contributed by atoms with Crippen molar-refractivity contribution in [1.82, 2.24) is 9.97 Å². The van der Waals surface area contributed by atoms with Crippen molar-refractivity contribution in [1.29, 1.82) is 0 Å². The normalized spacial score (nSPS) is 13.6. The SMILES string of the molecule is CN1CCc2cc(Oc3cc(Cl)ncn3)ccc21. The summed E-state index contributed by atoms with van der Waals surface area (Å²) in [6.07, 6.45) is 2.44. The molecule has 0 fully saturated rings. The van der Waals surface area contributed by atoms with Crippen molar-refractivity contribution in [2.75, 3.05) is 18.5 Å². The Morgan fingerprint density at radius 1 is 1.28 bits per heavy atom. The number of benzene rings is 1. The highest BCUT2D eigenvalue weighted by atomic mass is 35.5. The van der Waals surface area contributed by atoms with Crippen LogP contribution in [0.4, 0.5) is 5.69 Å². The molecule has 0 atom stereocenters. The van der Waals surface area contributed by atoms with E-state index in [1.807, 2.05) is 6.07 Å². The minimum Gasteiger partial charge on any atom is -0.439 e. The lowest BCUT2D eigenvalue weighted by atomic mass is 10.1. The molecule has 0 amide bonds. The molecule has 18 heavy (non-hydrogen) atoms. The van der Waals surface area contributed by atoms with Gasteiger partial charge < -0.3 is 9.64 Å². The largest absolute Gasteiger partial charge is 0.439 e. The molecular formula is C13H12ClN3O. The Morgan fingerprint density at radius 3 is 3.00 bits per heavy atom. The molecule has 0 spiro atoms. The lowest BCUT2D eigenvalue weighted by Gasteiger charge is -2.12. The van der Waals surface area contributed by atoms with Crippen LogP contribution < -0.4 is 9.64 Å². The van der Waals surface area contributed by atoms with Gasteiger partial charge in [-0.2, -0.15) is 0 Å². The summed E-state index contributed by atoms with van der Waals surface area (Å²) in [5.41, 5.74) is 2.57. The van der Waals surface area contributed by atoms with E-state index in [-0.39, 0.29) is 0 Å². The zero-order chi connectivity index (χ0) is 12.5. The second kappa shape index (κ2) is 4.46. The fourth-order valence-electron chi connectivity index (χ4n) is 2.10. The first kappa shape index (κ1) is 11.3. The highest BCUT2D eigenvalue weighted by Gasteiger charge is 2.16. The number of anilines is 1. The Balaban J connectivity index is 1.86.